The zero-order chi connectivity index (χ0) is 22.1. The molecule has 0 atom stereocenters. The number of pyridine rings is 1. The third-order valence-corrected chi connectivity index (χ3v) is 6.31. The molecule has 1 aromatic carbocycles. The Hall–Kier alpha value is -3.39. The molecule has 0 spiro atoms. The standard InChI is InChI=1S/C24H26FN7/c1-16-13-18(25)4-3-17(16)14-27-19-7-11-32(12-8-19)24-21-15-26-9-5-20(21)23(29-30-24)22-6-10-28-31(22)2/h3-6,9-10,13,15,19,27H,7-8,11-12,14H2,1-2H3. The van der Waals surface area contributed by atoms with E-state index in [0.717, 1.165) is 71.6 Å². The Bertz CT molecular complexity index is 1240. The Morgan fingerprint density at radius 2 is 1.91 bits per heavy atom. The largest absolute Gasteiger partial charge is 0.354 e. The summed E-state index contributed by atoms with van der Waals surface area (Å²) in [5.74, 6) is 0.698. The number of hydrogen-bond acceptors (Lipinski definition) is 6. The predicted molar refractivity (Wildman–Crippen MR) is 123 cm³/mol. The quantitative estimate of drug-likeness (QED) is 0.520. The van der Waals surface area contributed by atoms with Crippen molar-refractivity contribution in [1.82, 2.24) is 30.3 Å². The molecule has 1 aliphatic heterocycles. The fourth-order valence-corrected chi connectivity index (χ4v) is 4.42. The highest BCUT2D eigenvalue weighted by Gasteiger charge is 2.23. The molecule has 3 aromatic heterocycles. The maximum atomic E-state index is 13.3. The second-order valence-electron chi connectivity index (χ2n) is 8.35. The average Bonchev–Trinajstić information content (AvgIpc) is 3.24. The summed E-state index contributed by atoms with van der Waals surface area (Å²) < 4.78 is 15.1. The Morgan fingerprint density at radius 1 is 1.06 bits per heavy atom. The number of nitrogens with zero attached hydrogens (tertiary/aromatic N) is 6. The number of benzene rings is 1. The van der Waals surface area contributed by atoms with Crippen LogP contribution in [0.15, 0.2) is 48.9 Å². The SMILES string of the molecule is Cc1cc(F)ccc1CNC1CCN(c2nnc(-c3ccnn3C)c3ccncc23)CC1. The molecular formula is C24H26FN7. The van der Waals surface area contributed by atoms with E-state index in [1.807, 2.05) is 43.0 Å². The van der Waals surface area contributed by atoms with Crippen LogP contribution < -0.4 is 10.2 Å². The van der Waals surface area contributed by atoms with Gasteiger partial charge in [-0.2, -0.15) is 5.10 Å². The highest BCUT2D eigenvalue weighted by atomic mass is 19.1. The zero-order valence-electron chi connectivity index (χ0n) is 18.3. The van der Waals surface area contributed by atoms with E-state index < -0.39 is 0 Å². The first-order valence-corrected chi connectivity index (χ1v) is 10.9. The van der Waals surface area contributed by atoms with Gasteiger partial charge in [-0.25, -0.2) is 4.39 Å². The van der Waals surface area contributed by atoms with E-state index in [2.05, 4.69) is 30.5 Å². The molecular weight excluding hydrogens is 405 g/mol. The first-order valence-electron chi connectivity index (χ1n) is 10.9. The normalized spacial score (nSPS) is 14.9. The number of rotatable bonds is 5. The fraction of sp³-hybridized carbons (Fsp3) is 0.333. The van der Waals surface area contributed by atoms with E-state index in [1.165, 1.54) is 6.07 Å². The van der Waals surface area contributed by atoms with Crippen LogP contribution in [0.25, 0.3) is 22.2 Å². The molecule has 0 bridgehead atoms. The first kappa shape index (κ1) is 20.5. The van der Waals surface area contributed by atoms with Gasteiger partial charge >= 0.3 is 0 Å². The Balaban J connectivity index is 1.31. The lowest BCUT2D eigenvalue weighted by atomic mass is 10.0. The van der Waals surface area contributed by atoms with Crippen LogP contribution in [0.1, 0.15) is 24.0 Å². The molecule has 0 radical (unpaired) electrons. The van der Waals surface area contributed by atoms with Crippen molar-refractivity contribution in [2.45, 2.75) is 32.4 Å². The number of fused-ring (bicyclic) bond motifs is 1. The maximum Gasteiger partial charge on any atom is 0.160 e. The first-order chi connectivity index (χ1) is 15.6. The molecule has 0 unspecified atom stereocenters. The van der Waals surface area contributed by atoms with Crippen molar-refractivity contribution in [2.75, 3.05) is 18.0 Å². The lowest BCUT2D eigenvalue weighted by molar-refractivity contribution is 0.412. The van der Waals surface area contributed by atoms with Crippen LogP contribution in [0, 0.1) is 12.7 Å². The van der Waals surface area contributed by atoms with Crippen molar-refractivity contribution in [3.63, 3.8) is 0 Å². The number of halogens is 1. The molecule has 1 saturated heterocycles. The van der Waals surface area contributed by atoms with E-state index in [4.69, 9.17) is 0 Å². The summed E-state index contributed by atoms with van der Waals surface area (Å²) in [6.45, 7) is 4.49. The zero-order valence-corrected chi connectivity index (χ0v) is 18.3. The summed E-state index contributed by atoms with van der Waals surface area (Å²) in [5.41, 5.74) is 3.87. The number of aryl methyl sites for hydroxylation is 2. The van der Waals surface area contributed by atoms with Crippen LogP contribution in [-0.4, -0.2) is 44.1 Å². The van der Waals surface area contributed by atoms with Gasteiger partial charge in [-0.1, -0.05) is 6.07 Å². The molecule has 1 fully saturated rings. The van der Waals surface area contributed by atoms with E-state index >= 15 is 0 Å². The van der Waals surface area contributed by atoms with E-state index in [-0.39, 0.29) is 5.82 Å². The van der Waals surface area contributed by atoms with Crippen molar-refractivity contribution in [1.29, 1.82) is 0 Å². The summed E-state index contributed by atoms with van der Waals surface area (Å²) in [4.78, 5) is 6.65. The van der Waals surface area contributed by atoms with Crippen molar-refractivity contribution in [2.24, 2.45) is 7.05 Å². The van der Waals surface area contributed by atoms with Crippen LogP contribution in [0.5, 0.6) is 0 Å². The van der Waals surface area contributed by atoms with E-state index in [1.54, 1.807) is 18.5 Å². The van der Waals surface area contributed by atoms with Crippen LogP contribution in [-0.2, 0) is 13.6 Å². The van der Waals surface area contributed by atoms with Crippen LogP contribution in [0.3, 0.4) is 0 Å². The van der Waals surface area contributed by atoms with Gasteiger partial charge in [0.1, 0.15) is 11.5 Å². The highest BCUT2D eigenvalue weighted by Crippen LogP contribution is 2.31. The summed E-state index contributed by atoms with van der Waals surface area (Å²) >= 11 is 0. The van der Waals surface area contributed by atoms with Crippen molar-refractivity contribution in [3.05, 3.63) is 65.9 Å². The van der Waals surface area contributed by atoms with Crippen molar-refractivity contribution < 1.29 is 4.39 Å². The molecule has 4 aromatic rings. The third kappa shape index (κ3) is 3.93. The average molecular weight is 432 g/mol. The van der Waals surface area contributed by atoms with Crippen LogP contribution in [0.4, 0.5) is 10.2 Å². The van der Waals surface area contributed by atoms with Gasteiger partial charge in [0.15, 0.2) is 5.82 Å². The smallest absolute Gasteiger partial charge is 0.160 e. The van der Waals surface area contributed by atoms with Gasteiger partial charge in [0.2, 0.25) is 0 Å². The number of hydrogen-bond donors (Lipinski definition) is 1. The lowest BCUT2D eigenvalue weighted by Gasteiger charge is -2.33. The van der Waals surface area contributed by atoms with Crippen molar-refractivity contribution in [3.8, 4) is 11.4 Å². The Labute approximate surface area is 186 Å². The van der Waals surface area contributed by atoms with Crippen LogP contribution >= 0.6 is 0 Å². The molecule has 32 heavy (non-hydrogen) atoms. The van der Waals surface area contributed by atoms with E-state index in [9.17, 15) is 4.39 Å². The molecule has 0 aliphatic carbocycles. The third-order valence-electron chi connectivity index (χ3n) is 6.31. The molecule has 164 valence electrons. The number of nitrogens with one attached hydrogen (secondary N) is 1. The van der Waals surface area contributed by atoms with Gasteiger partial charge in [0.05, 0.1) is 5.69 Å². The lowest BCUT2D eigenvalue weighted by Crippen LogP contribution is -2.42. The molecule has 5 rings (SSSR count). The van der Waals surface area contributed by atoms with Gasteiger partial charge in [-0.05, 0) is 55.2 Å². The van der Waals surface area contributed by atoms with Gasteiger partial charge < -0.3 is 10.2 Å². The fourth-order valence-electron chi connectivity index (χ4n) is 4.42. The number of aromatic nitrogens is 5. The minimum Gasteiger partial charge on any atom is -0.354 e. The maximum absolute atomic E-state index is 13.3. The van der Waals surface area contributed by atoms with Gasteiger partial charge in [0, 0.05) is 62.1 Å². The van der Waals surface area contributed by atoms with Crippen LogP contribution in [0.2, 0.25) is 0 Å². The summed E-state index contributed by atoms with van der Waals surface area (Å²) in [6.07, 6.45) is 7.45. The minimum atomic E-state index is -0.184. The molecule has 1 aliphatic rings. The molecule has 4 heterocycles. The second-order valence-corrected chi connectivity index (χ2v) is 8.35. The molecule has 0 amide bonds. The topological polar surface area (TPSA) is 71.8 Å². The predicted octanol–water partition coefficient (Wildman–Crippen LogP) is 3.63. The van der Waals surface area contributed by atoms with Gasteiger partial charge in [-0.15, -0.1) is 10.2 Å². The summed E-state index contributed by atoms with van der Waals surface area (Å²) in [5, 5.41) is 19.1. The molecule has 8 heteroatoms. The molecule has 0 saturated carbocycles. The molecule has 1 N–H and O–H groups in total. The Kier molecular flexibility index (Phi) is 5.53. The summed E-state index contributed by atoms with van der Waals surface area (Å²) in [6, 6.07) is 9.35. The monoisotopic (exact) mass is 431 g/mol. The van der Waals surface area contributed by atoms with Gasteiger partial charge in [0.25, 0.3) is 0 Å². The highest BCUT2D eigenvalue weighted by molar-refractivity contribution is 5.99. The van der Waals surface area contributed by atoms with Gasteiger partial charge in [-0.3, -0.25) is 9.67 Å². The summed E-state index contributed by atoms with van der Waals surface area (Å²) in [7, 11) is 1.91. The van der Waals surface area contributed by atoms with Crippen molar-refractivity contribution >= 4 is 16.6 Å². The van der Waals surface area contributed by atoms with E-state index in [0.29, 0.717) is 6.04 Å². The number of piperidine rings is 1. The minimum absolute atomic E-state index is 0.184. The second kappa shape index (κ2) is 8.63. The molecule has 7 nitrogen and oxygen atoms in total. The Morgan fingerprint density at radius 3 is 2.66 bits per heavy atom. The number of anilines is 1.